The molecule has 1 aliphatic carbocycles. The van der Waals surface area contributed by atoms with E-state index in [2.05, 4.69) is 37.9 Å². The van der Waals surface area contributed by atoms with E-state index in [1.807, 2.05) is 44.2 Å². The van der Waals surface area contributed by atoms with Gasteiger partial charge in [0.25, 0.3) is 5.91 Å². The van der Waals surface area contributed by atoms with Crippen LogP contribution >= 0.6 is 0 Å². The maximum absolute atomic E-state index is 13.3. The van der Waals surface area contributed by atoms with Crippen molar-refractivity contribution in [2.75, 3.05) is 31.1 Å². The number of nitrogens with one attached hydrogen (secondary N) is 1. The van der Waals surface area contributed by atoms with Gasteiger partial charge in [-0.15, -0.1) is 5.10 Å². The van der Waals surface area contributed by atoms with Gasteiger partial charge in [0.15, 0.2) is 15.7 Å². The third-order valence-corrected chi connectivity index (χ3v) is 8.20. The number of rotatable bonds is 7. The van der Waals surface area contributed by atoms with Crippen molar-refractivity contribution in [2.45, 2.75) is 38.6 Å². The molecule has 2 aliphatic rings. The average molecular weight is 495 g/mol. The Morgan fingerprint density at radius 2 is 1.80 bits per heavy atom. The fourth-order valence-corrected chi connectivity index (χ4v) is 5.70. The number of hydrogen-bond acceptors (Lipinski definition) is 7. The van der Waals surface area contributed by atoms with Crippen molar-refractivity contribution in [3.63, 3.8) is 0 Å². The SMILES string of the molecule is Cc1ccc(-c2cc(C(=O)NC(C)CN3CCS(=O)(=O)CC3)cc(-n3nnnc3C3CC3)c2)cc1. The van der Waals surface area contributed by atoms with Gasteiger partial charge in [-0.1, -0.05) is 29.8 Å². The van der Waals surface area contributed by atoms with Crippen molar-refractivity contribution >= 4 is 15.7 Å². The molecule has 2 fully saturated rings. The minimum absolute atomic E-state index is 0.134. The van der Waals surface area contributed by atoms with Crippen LogP contribution in [0.15, 0.2) is 42.5 Å². The number of nitrogens with zero attached hydrogens (tertiary/aromatic N) is 5. The molecule has 184 valence electrons. The van der Waals surface area contributed by atoms with Gasteiger partial charge in [0.2, 0.25) is 0 Å². The van der Waals surface area contributed by atoms with Gasteiger partial charge in [-0.25, -0.2) is 8.42 Å². The van der Waals surface area contributed by atoms with Crippen molar-refractivity contribution in [1.29, 1.82) is 0 Å². The molecule has 35 heavy (non-hydrogen) atoms. The first-order valence-corrected chi connectivity index (χ1v) is 13.8. The Morgan fingerprint density at radius 3 is 2.49 bits per heavy atom. The van der Waals surface area contributed by atoms with Crippen molar-refractivity contribution in [1.82, 2.24) is 30.4 Å². The van der Waals surface area contributed by atoms with Crippen LogP contribution in [-0.2, 0) is 9.84 Å². The number of carbonyl (C=O) groups is 1. The van der Waals surface area contributed by atoms with Crippen LogP contribution in [0.1, 0.15) is 47.4 Å². The highest BCUT2D eigenvalue weighted by Crippen LogP contribution is 2.39. The Bertz CT molecular complexity index is 1320. The standard InChI is InChI=1S/C25H30N6O3S/c1-17-3-5-19(6-4-17)21-13-22(15-23(14-21)31-24(20-7-8-20)27-28-29-31)25(32)26-18(2)16-30-9-11-35(33,34)12-10-30/h3-6,13-15,18,20H,7-12,16H2,1-2H3,(H,26,32). The number of tetrazole rings is 1. The monoisotopic (exact) mass is 494 g/mol. The summed E-state index contributed by atoms with van der Waals surface area (Å²) in [6.45, 7) is 5.59. The van der Waals surface area contributed by atoms with Gasteiger partial charge >= 0.3 is 0 Å². The smallest absolute Gasteiger partial charge is 0.251 e. The van der Waals surface area contributed by atoms with Gasteiger partial charge in [0, 0.05) is 37.2 Å². The molecule has 1 atom stereocenters. The third kappa shape index (κ3) is 5.59. The Balaban J connectivity index is 1.40. The lowest BCUT2D eigenvalue weighted by Crippen LogP contribution is -2.47. The number of aryl methyl sites for hydroxylation is 1. The van der Waals surface area contributed by atoms with E-state index < -0.39 is 9.84 Å². The predicted molar refractivity (Wildman–Crippen MR) is 133 cm³/mol. The number of sulfone groups is 1. The molecule has 1 saturated carbocycles. The lowest BCUT2D eigenvalue weighted by Gasteiger charge is -2.29. The molecule has 1 unspecified atom stereocenters. The second-order valence-corrected chi connectivity index (χ2v) is 12.0. The van der Waals surface area contributed by atoms with E-state index in [0.29, 0.717) is 31.1 Å². The fourth-order valence-electron chi connectivity index (χ4n) is 4.42. The predicted octanol–water partition coefficient (Wildman–Crippen LogP) is 2.36. The van der Waals surface area contributed by atoms with Gasteiger partial charge in [0.1, 0.15) is 0 Å². The molecule has 5 rings (SSSR count). The molecular weight excluding hydrogens is 464 g/mol. The lowest BCUT2D eigenvalue weighted by molar-refractivity contribution is 0.0930. The number of hydrogen-bond donors (Lipinski definition) is 1. The van der Waals surface area contributed by atoms with Gasteiger partial charge in [-0.05, 0) is 66.4 Å². The maximum atomic E-state index is 13.3. The zero-order chi connectivity index (χ0) is 24.6. The van der Waals surface area contributed by atoms with Crippen LogP contribution in [0.2, 0.25) is 0 Å². The van der Waals surface area contributed by atoms with Crippen molar-refractivity contribution < 1.29 is 13.2 Å². The summed E-state index contributed by atoms with van der Waals surface area (Å²) in [5, 5.41) is 15.4. The summed E-state index contributed by atoms with van der Waals surface area (Å²) in [4.78, 5) is 15.4. The van der Waals surface area contributed by atoms with Gasteiger partial charge in [-0.2, -0.15) is 4.68 Å². The van der Waals surface area contributed by atoms with E-state index in [1.54, 1.807) is 4.68 Å². The first kappa shape index (κ1) is 23.6. The van der Waals surface area contributed by atoms with Crippen molar-refractivity contribution in [2.24, 2.45) is 0 Å². The molecule has 0 spiro atoms. The third-order valence-electron chi connectivity index (χ3n) is 6.59. The highest BCUT2D eigenvalue weighted by Gasteiger charge is 2.30. The molecule has 1 N–H and O–H groups in total. The minimum Gasteiger partial charge on any atom is -0.348 e. The Hall–Kier alpha value is -3.11. The summed E-state index contributed by atoms with van der Waals surface area (Å²) < 4.78 is 25.1. The molecule has 2 aromatic carbocycles. The summed E-state index contributed by atoms with van der Waals surface area (Å²) in [6.07, 6.45) is 2.14. The van der Waals surface area contributed by atoms with Crippen LogP contribution in [0.4, 0.5) is 0 Å². The highest BCUT2D eigenvalue weighted by atomic mass is 32.2. The summed E-state index contributed by atoms with van der Waals surface area (Å²) in [6, 6.07) is 13.8. The van der Waals surface area contributed by atoms with Crippen LogP contribution in [0.25, 0.3) is 16.8 Å². The lowest BCUT2D eigenvalue weighted by atomic mass is 10.0. The van der Waals surface area contributed by atoms with Crippen LogP contribution in [0.5, 0.6) is 0 Å². The zero-order valence-electron chi connectivity index (χ0n) is 20.0. The molecular formula is C25H30N6O3S. The van der Waals surface area contributed by atoms with Crippen LogP contribution in [0, 0.1) is 6.92 Å². The average Bonchev–Trinajstić information content (AvgIpc) is 3.56. The van der Waals surface area contributed by atoms with Crippen molar-refractivity contribution in [3.8, 4) is 16.8 Å². The molecule has 1 saturated heterocycles. The summed E-state index contributed by atoms with van der Waals surface area (Å²) in [7, 11) is -2.93. The summed E-state index contributed by atoms with van der Waals surface area (Å²) >= 11 is 0. The largest absolute Gasteiger partial charge is 0.348 e. The van der Waals surface area contributed by atoms with Crippen molar-refractivity contribution in [3.05, 3.63) is 59.4 Å². The Morgan fingerprint density at radius 1 is 1.09 bits per heavy atom. The van der Waals surface area contributed by atoms with E-state index in [1.165, 1.54) is 5.56 Å². The van der Waals surface area contributed by atoms with Crippen LogP contribution in [-0.4, -0.2) is 76.6 Å². The minimum atomic E-state index is -2.93. The fraction of sp³-hybridized carbons (Fsp3) is 0.440. The molecule has 1 aliphatic heterocycles. The normalized spacial score (nSPS) is 18.8. The second kappa shape index (κ2) is 9.50. The van der Waals surface area contributed by atoms with Crippen LogP contribution in [0.3, 0.4) is 0 Å². The Labute approximate surface area is 205 Å². The highest BCUT2D eigenvalue weighted by molar-refractivity contribution is 7.91. The second-order valence-electron chi connectivity index (χ2n) is 9.68. The first-order chi connectivity index (χ1) is 16.8. The van der Waals surface area contributed by atoms with Gasteiger partial charge in [-0.3, -0.25) is 9.69 Å². The summed E-state index contributed by atoms with van der Waals surface area (Å²) in [5.41, 5.74) is 4.38. The molecule has 0 radical (unpaired) electrons. The van der Waals surface area contributed by atoms with Crippen LogP contribution < -0.4 is 5.32 Å². The number of aromatic nitrogens is 4. The molecule has 3 aromatic rings. The van der Waals surface area contributed by atoms with E-state index in [9.17, 15) is 13.2 Å². The first-order valence-electron chi connectivity index (χ1n) is 12.0. The van der Waals surface area contributed by atoms with Gasteiger partial charge in [0.05, 0.1) is 17.2 Å². The van der Waals surface area contributed by atoms with Gasteiger partial charge < -0.3 is 5.32 Å². The van der Waals surface area contributed by atoms with E-state index in [-0.39, 0.29) is 23.5 Å². The molecule has 1 aromatic heterocycles. The molecule has 10 heteroatoms. The number of benzene rings is 2. The molecule has 0 bridgehead atoms. The summed E-state index contributed by atoms with van der Waals surface area (Å²) in [5.74, 6) is 1.35. The molecule has 1 amide bonds. The number of carbonyl (C=O) groups excluding carboxylic acids is 1. The topological polar surface area (TPSA) is 110 Å². The Kier molecular flexibility index (Phi) is 6.41. The number of amides is 1. The molecule has 9 nitrogen and oxygen atoms in total. The quantitative estimate of drug-likeness (QED) is 0.537. The van der Waals surface area contributed by atoms with E-state index in [4.69, 9.17) is 0 Å². The van der Waals surface area contributed by atoms with E-state index >= 15 is 0 Å². The van der Waals surface area contributed by atoms with E-state index in [0.717, 1.165) is 35.5 Å². The molecule has 2 heterocycles. The maximum Gasteiger partial charge on any atom is 0.251 e. The zero-order valence-corrected chi connectivity index (χ0v) is 20.8.